The number of amides is 3. The van der Waals surface area contributed by atoms with Crippen molar-refractivity contribution >= 4 is 17.9 Å². The van der Waals surface area contributed by atoms with Gasteiger partial charge in [-0.2, -0.15) is 0 Å². The molecule has 0 bridgehead atoms. The summed E-state index contributed by atoms with van der Waals surface area (Å²) in [5.41, 5.74) is -2.59. The van der Waals surface area contributed by atoms with Crippen molar-refractivity contribution in [2.24, 2.45) is 0 Å². The normalized spacial score (nSPS) is 23.2. The van der Waals surface area contributed by atoms with E-state index in [4.69, 9.17) is 9.84 Å². The van der Waals surface area contributed by atoms with Crippen LogP contribution >= 0.6 is 0 Å². The monoisotopic (exact) mass is 228 g/mol. The van der Waals surface area contributed by atoms with Gasteiger partial charge in [-0.25, -0.2) is 14.5 Å². The van der Waals surface area contributed by atoms with E-state index < -0.39 is 29.0 Å². The van der Waals surface area contributed by atoms with E-state index in [2.05, 4.69) is 5.32 Å². The molecule has 2 fully saturated rings. The van der Waals surface area contributed by atoms with Gasteiger partial charge in [-0.3, -0.25) is 4.79 Å². The molecule has 0 unspecified atom stereocenters. The van der Waals surface area contributed by atoms with Crippen molar-refractivity contribution < 1.29 is 24.2 Å². The van der Waals surface area contributed by atoms with Gasteiger partial charge in [-0.1, -0.05) is 0 Å². The molecule has 2 saturated heterocycles. The number of carbonyl (C=O) groups excluding carboxylic acids is 2. The summed E-state index contributed by atoms with van der Waals surface area (Å²) >= 11 is 0. The van der Waals surface area contributed by atoms with Crippen LogP contribution in [-0.4, -0.2) is 52.2 Å². The maximum atomic E-state index is 12.0. The molecule has 0 saturated carbocycles. The lowest BCUT2D eigenvalue weighted by molar-refractivity contribution is -0.160. The van der Waals surface area contributed by atoms with E-state index >= 15 is 0 Å². The van der Waals surface area contributed by atoms with Gasteiger partial charge in [0.15, 0.2) is 5.54 Å². The minimum absolute atomic E-state index is 0.101. The fraction of sp³-hybridized carbons (Fsp3) is 0.667. The summed E-state index contributed by atoms with van der Waals surface area (Å²) in [5.74, 6) is -1.76. The number of ether oxygens (including phenoxy) is 1. The maximum absolute atomic E-state index is 12.0. The molecular weight excluding hydrogens is 216 g/mol. The Hall–Kier alpha value is -1.63. The molecule has 3 amide bonds. The van der Waals surface area contributed by atoms with Crippen LogP contribution in [0.15, 0.2) is 0 Å². The molecule has 2 aliphatic heterocycles. The third kappa shape index (κ3) is 1.15. The fourth-order valence-corrected chi connectivity index (χ4v) is 1.73. The summed E-state index contributed by atoms with van der Waals surface area (Å²) in [5, 5.41) is 11.5. The highest BCUT2D eigenvalue weighted by molar-refractivity contribution is 6.10. The minimum atomic E-state index is -1.56. The molecule has 0 atom stereocenters. The van der Waals surface area contributed by atoms with Gasteiger partial charge in [0.25, 0.3) is 5.91 Å². The number of carboxylic acid groups (broad SMARTS) is 1. The van der Waals surface area contributed by atoms with Crippen molar-refractivity contribution in [3.63, 3.8) is 0 Å². The van der Waals surface area contributed by atoms with Crippen molar-refractivity contribution in [2.45, 2.75) is 24.9 Å². The zero-order valence-electron chi connectivity index (χ0n) is 8.94. The highest BCUT2D eigenvalue weighted by atomic mass is 16.5. The van der Waals surface area contributed by atoms with Gasteiger partial charge in [0, 0.05) is 0 Å². The van der Waals surface area contributed by atoms with Gasteiger partial charge < -0.3 is 15.2 Å². The predicted octanol–water partition coefficient (Wildman–Crippen LogP) is -0.830. The Kier molecular flexibility index (Phi) is 2.00. The first kappa shape index (κ1) is 10.9. The number of hydrogen-bond acceptors (Lipinski definition) is 4. The van der Waals surface area contributed by atoms with Crippen molar-refractivity contribution in [2.75, 3.05) is 13.2 Å². The zero-order chi connectivity index (χ0) is 12.1. The highest BCUT2D eigenvalue weighted by Crippen LogP contribution is 2.30. The topological polar surface area (TPSA) is 95.9 Å². The van der Waals surface area contributed by atoms with Crippen LogP contribution in [0.3, 0.4) is 0 Å². The Bertz CT molecular complexity index is 385. The number of hydrogen-bond donors (Lipinski definition) is 2. The Balaban J connectivity index is 2.33. The third-order valence-electron chi connectivity index (χ3n) is 2.94. The van der Waals surface area contributed by atoms with E-state index in [1.807, 2.05) is 0 Å². The lowest BCUT2D eigenvalue weighted by Crippen LogP contribution is -2.63. The highest BCUT2D eigenvalue weighted by Gasteiger charge is 2.61. The average Bonchev–Trinajstić information content (AvgIpc) is 2.37. The zero-order valence-corrected chi connectivity index (χ0v) is 8.94. The summed E-state index contributed by atoms with van der Waals surface area (Å²) in [7, 11) is 0. The lowest BCUT2D eigenvalue weighted by Gasteiger charge is -2.36. The molecule has 2 heterocycles. The number of carbonyl (C=O) groups is 3. The van der Waals surface area contributed by atoms with Gasteiger partial charge >= 0.3 is 12.0 Å². The van der Waals surface area contributed by atoms with Gasteiger partial charge in [0.2, 0.25) is 0 Å². The molecule has 88 valence electrons. The van der Waals surface area contributed by atoms with Crippen LogP contribution in [0.4, 0.5) is 4.79 Å². The Labute approximate surface area is 91.3 Å². The molecule has 1 spiro atoms. The van der Waals surface area contributed by atoms with Crippen molar-refractivity contribution in [1.82, 2.24) is 10.2 Å². The molecule has 2 rings (SSSR count). The second kappa shape index (κ2) is 2.94. The van der Waals surface area contributed by atoms with E-state index in [1.165, 1.54) is 13.8 Å². The lowest BCUT2D eigenvalue weighted by atomic mass is 9.95. The molecule has 0 aromatic carbocycles. The van der Waals surface area contributed by atoms with Crippen LogP contribution in [0.1, 0.15) is 13.8 Å². The Morgan fingerprint density at radius 3 is 2.38 bits per heavy atom. The van der Waals surface area contributed by atoms with E-state index in [-0.39, 0.29) is 13.2 Å². The second-order valence-corrected chi connectivity index (χ2v) is 4.51. The van der Waals surface area contributed by atoms with Gasteiger partial charge in [0.05, 0.1) is 13.2 Å². The summed E-state index contributed by atoms with van der Waals surface area (Å²) in [6, 6.07) is -0.680. The van der Waals surface area contributed by atoms with E-state index in [1.54, 1.807) is 0 Å². The SMILES string of the molecule is CC(C)(C(=O)O)N1C(=O)NC2(COC2)C1=O. The van der Waals surface area contributed by atoms with Crippen LogP contribution in [0.2, 0.25) is 0 Å². The average molecular weight is 228 g/mol. The molecule has 7 nitrogen and oxygen atoms in total. The van der Waals surface area contributed by atoms with Crippen molar-refractivity contribution in [3.8, 4) is 0 Å². The number of carboxylic acids is 1. The quantitative estimate of drug-likeness (QED) is 0.601. The van der Waals surface area contributed by atoms with Crippen LogP contribution in [0.25, 0.3) is 0 Å². The van der Waals surface area contributed by atoms with Crippen LogP contribution in [-0.2, 0) is 14.3 Å². The van der Waals surface area contributed by atoms with E-state index in [9.17, 15) is 14.4 Å². The van der Waals surface area contributed by atoms with E-state index in [0.29, 0.717) is 0 Å². The molecule has 0 aliphatic carbocycles. The summed E-state index contributed by atoms with van der Waals surface area (Å²) < 4.78 is 4.89. The molecule has 2 aliphatic rings. The molecule has 16 heavy (non-hydrogen) atoms. The number of urea groups is 1. The minimum Gasteiger partial charge on any atom is -0.480 e. The van der Waals surface area contributed by atoms with Gasteiger partial charge in [0.1, 0.15) is 5.54 Å². The van der Waals surface area contributed by atoms with Crippen LogP contribution < -0.4 is 5.32 Å². The van der Waals surface area contributed by atoms with Crippen LogP contribution in [0, 0.1) is 0 Å². The first-order valence-electron chi connectivity index (χ1n) is 4.79. The van der Waals surface area contributed by atoms with Gasteiger partial charge in [-0.15, -0.1) is 0 Å². The van der Waals surface area contributed by atoms with E-state index in [0.717, 1.165) is 4.90 Å². The number of rotatable bonds is 2. The first-order chi connectivity index (χ1) is 7.31. The standard InChI is InChI=1S/C9H12N2O5/c1-8(2,6(13)14)11-5(12)9(3-16-4-9)10-7(11)15/h3-4H2,1-2H3,(H,10,15)(H,13,14). The summed E-state index contributed by atoms with van der Waals surface area (Å²) in [6.07, 6.45) is 0. The Morgan fingerprint density at radius 2 is 2.06 bits per heavy atom. The first-order valence-corrected chi connectivity index (χ1v) is 4.79. The number of imide groups is 1. The molecule has 0 aromatic rings. The number of nitrogens with zero attached hydrogens (tertiary/aromatic N) is 1. The molecule has 7 heteroatoms. The molecule has 2 N–H and O–H groups in total. The second-order valence-electron chi connectivity index (χ2n) is 4.51. The van der Waals surface area contributed by atoms with Crippen molar-refractivity contribution in [3.05, 3.63) is 0 Å². The number of nitrogens with one attached hydrogen (secondary N) is 1. The fourth-order valence-electron chi connectivity index (χ4n) is 1.73. The van der Waals surface area contributed by atoms with Crippen LogP contribution in [0.5, 0.6) is 0 Å². The smallest absolute Gasteiger partial charge is 0.329 e. The summed E-state index contributed by atoms with van der Waals surface area (Å²) in [6.45, 7) is 2.82. The maximum Gasteiger partial charge on any atom is 0.329 e. The van der Waals surface area contributed by atoms with Gasteiger partial charge in [-0.05, 0) is 13.8 Å². The number of aliphatic carboxylic acids is 1. The van der Waals surface area contributed by atoms with Crippen molar-refractivity contribution in [1.29, 1.82) is 0 Å². The molecule has 0 aromatic heterocycles. The molecule has 0 radical (unpaired) electrons. The third-order valence-corrected chi connectivity index (χ3v) is 2.94. The predicted molar refractivity (Wildman–Crippen MR) is 50.6 cm³/mol. The Morgan fingerprint density at radius 1 is 1.50 bits per heavy atom. The molecular formula is C9H12N2O5. The summed E-state index contributed by atoms with van der Waals surface area (Å²) in [4.78, 5) is 35.3. The largest absolute Gasteiger partial charge is 0.480 e.